The Labute approximate surface area is 251 Å². The second-order valence-electron chi connectivity index (χ2n) is 11.1. The van der Waals surface area contributed by atoms with Crippen molar-refractivity contribution in [3.05, 3.63) is 83.9 Å². The van der Waals surface area contributed by atoms with E-state index in [1.807, 2.05) is 50.2 Å². The van der Waals surface area contributed by atoms with E-state index < -0.39 is 34.6 Å². The van der Waals surface area contributed by atoms with Crippen LogP contribution in [0.2, 0.25) is 0 Å². The molecular weight excluding hydrogens is 572 g/mol. The second kappa shape index (κ2) is 13.5. The molecule has 230 valence electrons. The number of nitrogens with one attached hydrogen (secondary N) is 2. The summed E-state index contributed by atoms with van der Waals surface area (Å²) >= 11 is 0. The van der Waals surface area contributed by atoms with Crippen LogP contribution in [0.15, 0.2) is 67.0 Å². The fourth-order valence-corrected chi connectivity index (χ4v) is 6.63. The Bertz CT molecular complexity index is 1560. The minimum atomic E-state index is -3.57. The SMILES string of the molecule is COCC1OC(n2cnc3c(NCC(c4ccccc4)c4ccccc4)nc(CNS(=O)(=O)CC(C)C)nc32)C(O)C1O. The van der Waals surface area contributed by atoms with Crippen LogP contribution in [0.25, 0.3) is 11.2 Å². The van der Waals surface area contributed by atoms with Crippen LogP contribution in [-0.4, -0.2) is 82.5 Å². The molecule has 0 saturated carbocycles. The molecule has 4 atom stereocenters. The minimum Gasteiger partial charge on any atom is -0.387 e. The first-order chi connectivity index (χ1) is 20.7. The summed E-state index contributed by atoms with van der Waals surface area (Å²) in [6, 6.07) is 20.2. The number of fused-ring (bicyclic) bond motifs is 1. The Morgan fingerprint density at radius 2 is 1.65 bits per heavy atom. The number of benzene rings is 2. The van der Waals surface area contributed by atoms with Crippen LogP contribution in [0.5, 0.6) is 0 Å². The topological polar surface area (TPSA) is 161 Å². The van der Waals surface area contributed by atoms with Crippen molar-refractivity contribution in [2.75, 3.05) is 31.3 Å². The van der Waals surface area contributed by atoms with E-state index in [0.717, 1.165) is 11.1 Å². The van der Waals surface area contributed by atoms with E-state index in [-0.39, 0.29) is 36.6 Å². The van der Waals surface area contributed by atoms with Crippen molar-refractivity contribution >= 4 is 27.0 Å². The third-order valence-electron chi connectivity index (χ3n) is 7.29. The third-order valence-corrected chi connectivity index (χ3v) is 8.98. The molecule has 43 heavy (non-hydrogen) atoms. The Kier molecular flexibility index (Phi) is 9.69. The summed E-state index contributed by atoms with van der Waals surface area (Å²) in [5, 5.41) is 24.8. The Morgan fingerprint density at radius 1 is 1.00 bits per heavy atom. The summed E-state index contributed by atoms with van der Waals surface area (Å²) in [6.07, 6.45) is -2.71. The van der Waals surface area contributed by atoms with Crippen molar-refractivity contribution in [3.8, 4) is 0 Å². The fraction of sp³-hybridized carbons (Fsp3) is 0.433. The molecule has 0 aliphatic carbocycles. The Balaban J connectivity index is 1.51. The number of aromatic nitrogens is 4. The van der Waals surface area contributed by atoms with E-state index in [1.54, 1.807) is 0 Å². The normalized spacial score (nSPS) is 20.8. The number of hydrogen-bond donors (Lipinski definition) is 4. The van der Waals surface area contributed by atoms with Gasteiger partial charge in [0.05, 0.1) is 25.2 Å². The number of anilines is 1. The van der Waals surface area contributed by atoms with Gasteiger partial charge in [-0.05, 0) is 17.0 Å². The molecule has 12 nitrogen and oxygen atoms in total. The lowest BCUT2D eigenvalue weighted by molar-refractivity contribution is -0.0580. The molecule has 1 aliphatic rings. The van der Waals surface area contributed by atoms with Gasteiger partial charge in [-0.25, -0.2) is 28.1 Å². The molecule has 0 bridgehead atoms. The maximum Gasteiger partial charge on any atom is 0.212 e. The minimum absolute atomic E-state index is 0.0209. The largest absolute Gasteiger partial charge is 0.387 e. The van der Waals surface area contributed by atoms with Crippen LogP contribution in [0.4, 0.5) is 5.82 Å². The number of aliphatic hydroxyl groups excluding tert-OH is 2. The number of aliphatic hydroxyl groups is 2. The Hall–Kier alpha value is -3.46. The van der Waals surface area contributed by atoms with Gasteiger partial charge in [-0.3, -0.25) is 4.57 Å². The van der Waals surface area contributed by atoms with Crippen LogP contribution in [0.3, 0.4) is 0 Å². The first-order valence-electron chi connectivity index (χ1n) is 14.2. The molecule has 0 amide bonds. The zero-order valence-corrected chi connectivity index (χ0v) is 25.2. The summed E-state index contributed by atoms with van der Waals surface area (Å²) in [7, 11) is -2.09. The van der Waals surface area contributed by atoms with Crippen molar-refractivity contribution in [3.63, 3.8) is 0 Å². The molecule has 4 N–H and O–H groups in total. The molecule has 13 heteroatoms. The molecule has 4 aromatic rings. The predicted molar refractivity (Wildman–Crippen MR) is 162 cm³/mol. The van der Waals surface area contributed by atoms with E-state index in [9.17, 15) is 18.6 Å². The van der Waals surface area contributed by atoms with Gasteiger partial charge in [0, 0.05) is 19.6 Å². The number of imidazole rings is 1. The van der Waals surface area contributed by atoms with Gasteiger partial charge >= 0.3 is 0 Å². The van der Waals surface area contributed by atoms with Crippen molar-refractivity contribution in [2.45, 2.75) is 50.8 Å². The monoisotopic (exact) mass is 610 g/mol. The number of nitrogens with zero attached hydrogens (tertiary/aromatic N) is 4. The van der Waals surface area contributed by atoms with E-state index in [1.165, 1.54) is 18.0 Å². The van der Waals surface area contributed by atoms with E-state index in [4.69, 9.17) is 9.47 Å². The van der Waals surface area contributed by atoms with E-state index in [2.05, 4.69) is 49.3 Å². The number of sulfonamides is 1. The molecular formula is C30H38N6O6S. The van der Waals surface area contributed by atoms with Crippen molar-refractivity contribution in [1.82, 2.24) is 24.2 Å². The lowest BCUT2D eigenvalue weighted by Gasteiger charge is -2.20. The van der Waals surface area contributed by atoms with Crippen LogP contribution >= 0.6 is 0 Å². The molecule has 4 unspecified atom stereocenters. The van der Waals surface area contributed by atoms with Crippen LogP contribution in [-0.2, 0) is 26.0 Å². The summed E-state index contributed by atoms with van der Waals surface area (Å²) in [5.74, 6) is 0.503. The summed E-state index contributed by atoms with van der Waals surface area (Å²) in [6.45, 7) is 4.07. The smallest absolute Gasteiger partial charge is 0.212 e. The second-order valence-corrected chi connectivity index (χ2v) is 12.9. The number of ether oxygens (including phenoxy) is 2. The van der Waals surface area contributed by atoms with Crippen LogP contribution in [0.1, 0.15) is 42.9 Å². The molecule has 3 heterocycles. The molecule has 1 saturated heterocycles. The summed E-state index contributed by atoms with van der Waals surface area (Å²) in [4.78, 5) is 13.8. The standard InChI is InChI=1S/C30H38N6O6S/c1-19(2)17-43(39,40)33-15-24-34-28(31-14-22(20-10-6-4-7-11-20)21-12-8-5-9-13-21)25-29(35-24)36(18-32-25)30-27(38)26(37)23(42-30)16-41-3/h4-13,18-19,22-23,26-27,30,33,37-38H,14-17H2,1-3H3,(H,31,34,35). The van der Waals surface area contributed by atoms with Crippen molar-refractivity contribution in [2.24, 2.45) is 5.92 Å². The molecule has 0 radical (unpaired) electrons. The zero-order chi connectivity index (χ0) is 30.6. The molecule has 5 rings (SSSR count). The third kappa shape index (κ3) is 7.20. The first-order valence-corrected chi connectivity index (χ1v) is 15.9. The molecule has 0 spiro atoms. The molecule has 1 aliphatic heterocycles. The summed E-state index contributed by atoms with van der Waals surface area (Å²) in [5.41, 5.74) is 2.95. The highest BCUT2D eigenvalue weighted by molar-refractivity contribution is 7.89. The number of methoxy groups -OCH3 is 1. The van der Waals surface area contributed by atoms with Crippen LogP contribution in [0, 0.1) is 5.92 Å². The number of rotatable bonds is 13. The van der Waals surface area contributed by atoms with Gasteiger partial charge in [0.2, 0.25) is 10.0 Å². The quantitative estimate of drug-likeness (QED) is 0.177. The zero-order valence-electron chi connectivity index (χ0n) is 24.4. The van der Waals surface area contributed by atoms with Gasteiger partial charge in [0.25, 0.3) is 0 Å². The highest BCUT2D eigenvalue weighted by atomic mass is 32.2. The van der Waals surface area contributed by atoms with Crippen molar-refractivity contribution < 1.29 is 28.1 Å². The Morgan fingerprint density at radius 3 is 2.26 bits per heavy atom. The molecule has 1 fully saturated rings. The van der Waals surface area contributed by atoms with Crippen LogP contribution < -0.4 is 10.0 Å². The highest BCUT2D eigenvalue weighted by Gasteiger charge is 2.44. The van der Waals surface area contributed by atoms with Gasteiger partial charge in [-0.15, -0.1) is 0 Å². The fourth-order valence-electron chi connectivity index (χ4n) is 5.28. The average Bonchev–Trinajstić information content (AvgIpc) is 3.53. The highest BCUT2D eigenvalue weighted by Crippen LogP contribution is 2.33. The van der Waals surface area contributed by atoms with E-state index >= 15 is 0 Å². The lowest BCUT2D eigenvalue weighted by Crippen LogP contribution is -2.33. The predicted octanol–water partition coefficient (Wildman–Crippen LogP) is 2.41. The van der Waals surface area contributed by atoms with Gasteiger partial charge in [0.1, 0.15) is 24.1 Å². The molecule has 2 aromatic carbocycles. The summed E-state index contributed by atoms with van der Waals surface area (Å²) < 4.78 is 40.4. The first kappa shape index (κ1) is 31.0. The van der Waals surface area contributed by atoms with E-state index in [0.29, 0.717) is 23.5 Å². The maximum atomic E-state index is 12.6. The van der Waals surface area contributed by atoms with Gasteiger partial charge in [-0.1, -0.05) is 74.5 Å². The molecule has 2 aromatic heterocycles. The van der Waals surface area contributed by atoms with Crippen molar-refractivity contribution in [1.29, 1.82) is 0 Å². The average molecular weight is 611 g/mol. The number of hydrogen-bond acceptors (Lipinski definition) is 10. The lowest BCUT2D eigenvalue weighted by atomic mass is 9.91. The van der Waals surface area contributed by atoms with Gasteiger partial charge in [-0.2, -0.15) is 0 Å². The van der Waals surface area contributed by atoms with Gasteiger partial charge in [0.15, 0.2) is 23.2 Å². The van der Waals surface area contributed by atoms with Gasteiger partial charge < -0.3 is 25.0 Å². The maximum absolute atomic E-state index is 12.6.